The van der Waals surface area contributed by atoms with Crippen LogP contribution in [0.2, 0.25) is 0 Å². The lowest BCUT2D eigenvalue weighted by Gasteiger charge is -2.29. The molecule has 2 aromatic rings. The maximum atomic E-state index is 13.0. The molecule has 156 valence electrons. The molecular formula is C23H29BrN2O3. The zero-order chi connectivity index (χ0) is 21.6. The van der Waals surface area contributed by atoms with Gasteiger partial charge in [0.2, 0.25) is 5.91 Å². The molecule has 29 heavy (non-hydrogen) atoms. The van der Waals surface area contributed by atoms with Crippen molar-refractivity contribution in [1.82, 2.24) is 10.2 Å². The van der Waals surface area contributed by atoms with Crippen molar-refractivity contribution in [1.29, 1.82) is 0 Å². The number of amides is 2. The standard InChI is InChI=1S/C23H29BrN2O3/c1-15(2)25-23(28)18(5)26(13-19-7-6-8-20(24)12-19)22(27)14-29-21-11-16(3)9-10-17(21)4/h6-12,15,18H,13-14H2,1-5H3,(H,25,28)/t18-/m1/s1. The van der Waals surface area contributed by atoms with E-state index in [4.69, 9.17) is 4.74 Å². The van der Waals surface area contributed by atoms with E-state index in [1.165, 1.54) is 0 Å². The molecule has 0 fully saturated rings. The molecule has 0 aliphatic heterocycles. The van der Waals surface area contributed by atoms with E-state index in [1.54, 1.807) is 11.8 Å². The lowest BCUT2D eigenvalue weighted by molar-refractivity contribution is -0.142. The molecule has 5 nitrogen and oxygen atoms in total. The van der Waals surface area contributed by atoms with Crippen molar-refractivity contribution in [3.63, 3.8) is 0 Å². The van der Waals surface area contributed by atoms with Gasteiger partial charge >= 0.3 is 0 Å². The first-order valence-electron chi connectivity index (χ1n) is 9.71. The fraction of sp³-hybridized carbons (Fsp3) is 0.391. The lowest BCUT2D eigenvalue weighted by Crippen LogP contribution is -2.50. The van der Waals surface area contributed by atoms with Crippen LogP contribution in [-0.4, -0.2) is 35.4 Å². The van der Waals surface area contributed by atoms with Crippen LogP contribution >= 0.6 is 15.9 Å². The van der Waals surface area contributed by atoms with Gasteiger partial charge in [0, 0.05) is 17.1 Å². The van der Waals surface area contributed by atoms with Gasteiger partial charge in [0.15, 0.2) is 6.61 Å². The summed E-state index contributed by atoms with van der Waals surface area (Å²) >= 11 is 3.46. The minimum Gasteiger partial charge on any atom is -0.483 e. The molecule has 0 saturated carbocycles. The molecule has 2 rings (SSSR count). The smallest absolute Gasteiger partial charge is 0.261 e. The van der Waals surface area contributed by atoms with Crippen LogP contribution in [0.25, 0.3) is 0 Å². The predicted octanol–water partition coefficient (Wildman–Crippen LogP) is 4.39. The fourth-order valence-electron chi connectivity index (χ4n) is 2.90. The minimum absolute atomic E-state index is 0.000958. The van der Waals surface area contributed by atoms with Gasteiger partial charge in [-0.3, -0.25) is 9.59 Å². The summed E-state index contributed by atoms with van der Waals surface area (Å²) in [6.45, 7) is 9.65. The molecule has 1 atom stereocenters. The van der Waals surface area contributed by atoms with E-state index in [0.29, 0.717) is 12.3 Å². The molecule has 2 aromatic carbocycles. The van der Waals surface area contributed by atoms with Crippen molar-refractivity contribution in [3.05, 3.63) is 63.6 Å². The van der Waals surface area contributed by atoms with Crippen LogP contribution in [-0.2, 0) is 16.1 Å². The molecule has 6 heteroatoms. The molecule has 0 spiro atoms. The maximum absolute atomic E-state index is 13.0. The molecule has 0 saturated heterocycles. The average Bonchev–Trinajstić information content (AvgIpc) is 2.65. The third-order valence-electron chi connectivity index (χ3n) is 4.53. The van der Waals surface area contributed by atoms with Gasteiger partial charge in [0.1, 0.15) is 11.8 Å². The molecule has 0 aliphatic carbocycles. The van der Waals surface area contributed by atoms with Gasteiger partial charge < -0.3 is 15.0 Å². The summed E-state index contributed by atoms with van der Waals surface area (Å²) in [4.78, 5) is 27.2. The zero-order valence-electron chi connectivity index (χ0n) is 17.7. The highest BCUT2D eigenvalue weighted by molar-refractivity contribution is 9.10. The number of hydrogen-bond donors (Lipinski definition) is 1. The first kappa shape index (κ1) is 22.9. The third kappa shape index (κ3) is 6.89. The molecule has 0 aromatic heterocycles. The number of carbonyl (C=O) groups is 2. The highest BCUT2D eigenvalue weighted by atomic mass is 79.9. The van der Waals surface area contributed by atoms with Gasteiger partial charge in [-0.05, 0) is 69.5 Å². The van der Waals surface area contributed by atoms with E-state index in [9.17, 15) is 9.59 Å². The van der Waals surface area contributed by atoms with Crippen LogP contribution in [0.15, 0.2) is 46.9 Å². The predicted molar refractivity (Wildman–Crippen MR) is 119 cm³/mol. The Morgan fingerprint density at radius 1 is 1.10 bits per heavy atom. The van der Waals surface area contributed by atoms with Gasteiger partial charge in [0.25, 0.3) is 5.91 Å². The second-order valence-electron chi connectivity index (χ2n) is 7.55. The number of halogens is 1. The van der Waals surface area contributed by atoms with Gasteiger partial charge in [-0.15, -0.1) is 0 Å². The largest absolute Gasteiger partial charge is 0.483 e. The highest BCUT2D eigenvalue weighted by Gasteiger charge is 2.27. The van der Waals surface area contributed by atoms with Crippen LogP contribution in [0.3, 0.4) is 0 Å². The van der Waals surface area contributed by atoms with Crippen molar-refractivity contribution in [2.75, 3.05) is 6.61 Å². The lowest BCUT2D eigenvalue weighted by atomic mass is 10.1. The third-order valence-corrected chi connectivity index (χ3v) is 5.03. The van der Waals surface area contributed by atoms with Crippen LogP contribution in [0.1, 0.15) is 37.5 Å². The van der Waals surface area contributed by atoms with Crippen LogP contribution in [0, 0.1) is 13.8 Å². The number of rotatable bonds is 8. The number of nitrogens with zero attached hydrogens (tertiary/aromatic N) is 1. The summed E-state index contributed by atoms with van der Waals surface area (Å²) in [6.07, 6.45) is 0. The highest BCUT2D eigenvalue weighted by Crippen LogP contribution is 2.20. The van der Waals surface area contributed by atoms with E-state index in [1.807, 2.05) is 70.2 Å². The molecule has 0 unspecified atom stereocenters. The summed E-state index contributed by atoms with van der Waals surface area (Å²) < 4.78 is 6.73. The summed E-state index contributed by atoms with van der Waals surface area (Å²) in [6, 6.07) is 13.0. The molecule has 0 aliphatic rings. The van der Waals surface area contributed by atoms with E-state index in [2.05, 4.69) is 21.2 Å². The Morgan fingerprint density at radius 3 is 2.48 bits per heavy atom. The Morgan fingerprint density at radius 2 is 1.83 bits per heavy atom. The van der Waals surface area contributed by atoms with Crippen molar-refractivity contribution >= 4 is 27.7 Å². The van der Waals surface area contributed by atoms with E-state index < -0.39 is 6.04 Å². The number of carbonyl (C=O) groups excluding carboxylic acids is 2. The molecule has 0 heterocycles. The van der Waals surface area contributed by atoms with Crippen LogP contribution in [0.5, 0.6) is 5.75 Å². The molecule has 1 N–H and O–H groups in total. The number of hydrogen-bond acceptors (Lipinski definition) is 3. The molecular weight excluding hydrogens is 432 g/mol. The minimum atomic E-state index is -0.619. The molecule has 0 radical (unpaired) electrons. The number of aryl methyl sites for hydroxylation is 2. The summed E-state index contributed by atoms with van der Waals surface area (Å²) in [5.74, 6) is 0.257. The Bertz CT molecular complexity index is 867. The second kappa shape index (κ2) is 10.4. The van der Waals surface area contributed by atoms with Crippen molar-refractivity contribution in [2.45, 2.75) is 53.2 Å². The Hall–Kier alpha value is -2.34. The monoisotopic (exact) mass is 460 g/mol. The summed E-state index contributed by atoms with van der Waals surface area (Å²) in [5.41, 5.74) is 2.96. The van der Waals surface area contributed by atoms with Crippen molar-refractivity contribution in [2.24, 2.45) is 0 Å². The van der Waals surface area contributed by atoms with Crippen LogP contribution in [0.4, 0.5) is 0 Å². The fourth-order valence-corrected chi connectivity index (χ4v) is 3.35. The maximum Gasteiger partial charge on any atom is 0.261 e. The summed E-state index contributed by atoms with van der Waals surface area (Å²) in [7, 11) is 0. The molecule has 2 amide bonds. The number of ether oxygens (including phenoxy) is 1. The number of nitrogens with one attached hydrogen (secondary N) is 1. The summed E-state index contributed by atoms with van der Waals surface area (Å²) in [5, 5.41) is 2.88. The van der Waals surface area contributed by atoms with Crippen molar-refractivity contribution in [3.8, 4) is 5.75 Å². The van der Waals surface area contributed by atoms with Crippen molar-refractivity contribution < 1.29 is 14.3 Å². The van der Waals surface area contributed by atoms with E-state index >= 15 is 0 Å². The van der Waals surface area contributed by atoms with Gasteiger partial charge in [0.05, 0.1) is 0 Å². The van der Waals surface area contributed by atoms with Crippen LogP contribution < -0.4 is 10.1 Å². The SMILES string of the molecule is Cc1ccc(C)c(OCC(=O)N(Cc2cccc(Br)c2)[C@H](C)C(=O)NC(C)C)c1. The van der Waals surface area contributed by atoms with E-state index in [0.717, 1.165) is 21.2 Å². The Labute approximate surface area is 181 Å². The zero-order valence-corrected chi connectivity index (χ0v) is 19.2. The Kier molecular flexibility index (Phi) is 8.26. The Balaban J connectivity index is 2.19. The first-order valence-corrected chi connectivity index (χ1v) is 10.5. The van der Waals surface area contributed by atoms with Gasteiger partial charge in [-0.25, -0.2) is 0 Å². The quantitative estimate of drug-likeness (QED) is 0.635. The van der Waals surface area contributed by atoms with Gasteiger partial charge in [-0.1, -0.05) is 40.2 Å². The molecule has 0 bridgehead atoms. The van der Waals surface area contributed by atoms with Gasteiger partial charge in [-0.2, -0.15) is 0 Å². The second-order valence-corrected chi connectivity index (χ2v) is 8.46. The normalized spacial score (nSPS) is 11.8. The van der Waals surface area contributed by atoms with E-state index in [-0.39, 0.29) is 24.5 Å². The number of benzene rings is 2. The average molecular weight is 461 g/mol. The first-order chi connectivity index (χ1) is 13.7. The topological polar surface area (TPSA) is 58.6 Å².